The number of Topliss-reactive ketones (excluding diaryl/α,β-unsaturated/α-hetero) is 1. The van der Waals surface area contributed by atoms with Gasteiger partial charge in [-0.3, -0.25) is 24.4 Å². The number of nitrogens with zero attached hydrogens (tertiary/aromatic N) is 2. The first-order valence-corrected chi connectivity index (χ1v) is 10.6. The Balaban J connectivity index is 1.63. The van der Waals surface area contributed by atoms with Crippen LogP contribution in [0.4, 0.5) is 0 Å². The Bertz CT molecular complexity index is 1050. The maximum atomic E-state index is 12.9. The Morgan fingerprint density at radius 2 is 1.61 bits per heavy atom. The largest absolute Gasteiger partial charge is 0.364 e. The molecule has 0 aliphatic heterocycles. The minimum Gasteiger partial charge on any atom is -0.364 e. The zero-order valence-electron chi connectivity index (χ0n) is 18.3. The van der Waals surface area contributed by atoms with Gasteiger partial charge >= 0.3 is 0 Å². The van der Waals surface area contributed by atoms with E-state index in [0.717, 1.165) is 11.1 Å². The van der Waals surface area contributed by atoms with Crippen LogP contribution in [0.5, 0.6) is 0 Å². The fraction of sp³-hybridized carbons (Fsp3) is 0.240. The summed E-state index contributed by atoms with van der Waals surface area (Å²) in [5.41, 5.74) is 2.26. The Labute approximate surface area is 192 Å². The summed E-state index contributed by atoms with van der Waals surface area (Å²) in [5, 5.41) is 5.22. The van der Waals surface area contributed by atoms with E-state index in [2.05, 4.69) is 20.6 Å². The van der Waals surface area contributed by atoms with Crippen molar-refractivity contribution in [2.75, 3.05) is 0 Å². The molecule has 0 spiro atoms. The van der Waals surface area contributed by atoms with Crippen LogP contribution in [0.2, 0.25) is 0 Å². The molecule has 33 heavy (non-hydrogen) atoms. The molecular formula is C25H26N4O4. The normalized spacial score (nSPS) is 12.4. The van der Waals surface area contributed by atoms with Crippen LogP contribution in [0.25, 0.3) is 0 Å². The molecule has 0 radical (unpaired) electrons. The second-order valence-corrected chi connectivity index (χ2v) is 7.43. The van der Waals surface area contributed by atoms with E-state index in [1.165, 1.54) is 18.6 Å². The Kier molecular flexibility index (Phi) is 8.79. The molecule has 1 aromatic heterocycles. The van der Waals surface area contributed by atoms with Crippen LogP contribution in [0, 0.1) is 0 Å². The SMILES string of the molecule is C[C@@H](OCc1ccccc1)C(=O)N[C@H](Cc1ccccc1)C(=O)C(=O)NCc1cnccn1. The van der Waals surface area contributed by atoms with E-state index in [1.807, 2.05) is 60.7 Å². The van der Waals surface area contributed by atoms with Crippen LogP contribution in [-0.2, 0) is 38.7 Å². The first-order chi connectivity index (χ1) is 16.0. The lowest BCUT2D eigenvalue weighted by Gasteiger charge is -2.20. The summed E-state index contributed by atoms with van der Waals surface area (Å²) < 4.78 is 5.65. The van der Waals surface area contributed by atoms with Crippen LogP contribution >= 0.6 is 0 Å². The molecule has 8 heteroatoms. The zero-order chi connectivity index (χ0) is 23.5. The van der Waals surface area contributed by atoms with Crippen LogP contribution in [0.1, 0.15) is 23.7 Å². The summed E-state index contributed by atoms with van der Waals surface area (Å²) in [6, 6.07) is 17.6. The molecule has 0 saturated heterocycles. The third-order valence-corrected chi connectivity index (χ3v) is 4.90. The summed E-state index contributed by atoms with van der Waals surface area (Å²) in [6.07, 6.45) is 3.88. The fourth-order valence-electron chi connectivity index (χ4n) is 3.06. The average Bonchev–Trinajstić information content (AvgIpc) is 2.86. The van der Waals surface area contributed by atoms with Gasteiger partial charge in [-0.2, -0.15) is 0 Å². The molecule has 0 fully saturated rings. The number of rotatable bonds is 11. The zero-order valence-corrected chi connectivity index (χ0v) is 18.3. The van der Waals surface area contributed by atoms with Crippen LogP contribution < -0.4 is 10.6 Å². The molecule has 0 aliphatic carbocycles. The summed E-state index contributed by atoms with van der Waals surface area (Å²) in [7, 11) is 0. The number of hydrogen-bond donors (Lipinski definition) is 2. The maximum absolute atomic E-state index is 12.9. The third kappa shape index (κ3) is 7.62. The van der Waals surface area contributed by atoms with E-state index in [9.17, 15) is 14.4 Å². The molecule has 2 amide bonds. The number of benzene rings is 2. The molecule has 2 aromatic carbocycles. The number of carbonyl (C=O) groups excluding carboxylic acids is 3. The van der Waals surface area contributed by atoms with E-state index >= 15 is 0 Å². The Hall–Kier alpha value is -3.91. The van der Waals surface area contributed by atoms with Gasteiger partial charge in [0.2, 0.25) is 11.7 Å². The summed E-state index contributed by atoms with van der Waals surface area (Å²) >= 11 is 0. The van der Waals surface area contributed by atoms with Gasteiger partial charge in [0.25, 0.3) is 5.91 Å². The maximum Gasteiger partial charge on any atom is 0.289 e. The van der Waals surface area contributed by atoms with Crippen molar-refractivity contribution in [2.45, 2.75) is 38.6 Å². The highest BCUT2D eigenvalue weighted by atomic mass is 16.5. The number of carbonyl (C=O) groups is 3. The molecule has 0 bridgehead atoms. The van der Waals surface area contributed by atoms with Crippen molar-refractivity contribution in [1.82, 2.24) is 20.6 Å². The summed E-state index contributed by atoms with van der Waals surface area (Å²) in [4.78, 5) is 46.1. The van der Waals surface area contributed by atoms with Gasteiger partial charge in [0.1, 0.15) is 12.1 Å². The van der Waals surface area contributed by atoms with Gasteiger partial charge in [-0.1, -0.05) is 60.7 Å². The van der Waals surface area contributed by atoms with Crippen LogP contribution in [0.3, 0.4) is 0 Å². The molecule has 0 unspecified atom stereocenters. The van der Waals surface area contributed by atoms with E-state index < -0.39 is 29.7 Å². The molecule has 1 heterocycles. The van der Waals surface area contributed by atoms with Crippen molar-refractivity contribution < 1.29 is 19.1 Å². The highest BCUT2D eigenvalue weighted by molar-refractivity contribution is 6.38. The van der Waals surface area contributed by atoms with Crippen molar-refractivity contribution in [3.05, 3.63) is 96.1 Å². The molecule has 2 N–H and O–H groups in total. The van der Waals surface area contributed by atoms with Gasteiger partial charge in [-0.15, -0.1) is 0 Å². The van der Waals surface area contributed by atoms with E-state index in [-0.39, 0.29) is 19.6 Å². The molecule has 3 rings (SSSR count). The number of hydrogen-bond acceptors (Lipinski definition) is 6. The molecular weight excluding hydrogens is 420 g/mol. The number of ether oxygens (including phenoxy) is 1. The first-order valence-electron chi connectivity index (χ1n) is 10.6. The predicted octanol–water partition coefficient (Wildman–Crippen LogP) is 1.99. The molecule has 0 aliphatic rings. The van der Waals surface area contributed by atoms with E-state index in [4.69, 9.17) is 4.74 Å². The fourth-order valence-corrected chi connectivity index (χ4v) is 3.06. The van der Waals surface area contributed by atoms with Gasteiger partial charge in [-0.05, 0) is 18.1 Å². The standard InChI is InChI=1S/C25H26N4O4/c1-18(33-17-20-10-6-3-7-11-20)24(31)29-22(14-19-8-4-2-5-9-19)23(30)25(32)28-16-21-15-26-12-13-27-21/h2-13,15,18,22H,14,16-17H2,1H3,(H,28,32)(H,29,31)/t18-,22-/m1/s1. The quantitative estimate of drug-likeness (QED) is 0.436. The van der Waals surface area contributed by atoms with Gasteiger partial charge in [0, 0.05) is 18.8 Å². The Morgan fingerprint density at radius 3 is 2.24 bits per heavy atom. The second-order valence-electron chi connectivity index (χ2n) is 7.43. The molecule has 3 aromatic rings. The number of aromatic nitrogens is 2. The van der Waals surface area contributed by atoms with Crippen molar-refractivity contribution >= 4 is 17.6 Å². The van der Waals surface area contributed by atoms with Crippen LogP contribution in [0.15, 0.2) is 79.3 Å². The summed E-state index contributed by atoms with van der Waals surface area (Å²) in [5.74, 6) is -2.02. The lowest BCUT2D eigenvalue weighted by Crippen LogP contribution is -2.51. The Morgan fingerprint density at radius 1 is 0.939 bits per heavy atom. The minimum atomic E-state index is -1.04. The highest BCUT2D eigenvalue weighted by Gasteiger charge is 2.29. The van der Waals surface area contributed by atoms with Gasteiger partial charge in [0.05, 0.1) is 25.0 Å². The third-order valence-electron chi connectivity index (χ3n) is 4.90. The number of amides is 2. The minimum absolute atomic E-state index is 0.0566. The molecule has 0 saturated carbocycles. The number of nitrogens with one attached hydrogen (secondary N) is 2. The predicted molar refractivity (Wildman–Crippen MR) is 122 cm³/mol. The lowest BCUT2D eigenvalue weighted by atomic mass is 10.0. The molecule has 2 atom stereocenters. The topological polar surface area (TPSA) is 110 Å². The molecule has 170 valence electrons. The van der Waals surface area contributed by atoms with Gasteiger partial charge < -0.3 is 15.4 Å². The van der Waals surface area contributed by atoms with Crippen molar-refractivity contribution in [3.8, 4) is 0 Å². The van der Waals surface area contributed by atoms with Gasteiger partial charge in [0.15, 0.2) is 0 Å². The van der Waals surface area contributed by atoms with Crippen molar-refractivity contribution in [3.63, 3.8) is 0 Å². The van der Waals surface area contributed by atoms with Crippen LogP contribution in [-0.4, -0.2) is 39.7 Å². The van der Waals surface area contributed by atoms with E-state index in [1.54, 1.807) is 6.92 Å². The first kappa shape index (κ1) is 23.7. The average molecular weight is 447 g/mol. The van der Waals surface area contributed by atoms with Crippen molar-refractivity contribution in [2.24, 2.45) is 0 Å². The lowest BCUT2D eigenvalue weighted by molar-refractivity contribution is -0.141. The number of ketones is 1. The van der Waals surface area contributed by atoms with Crippen molar-refractivity contribution in [1.29, 1.82) is 0 Å². The monoisotopic (exact) mass is 446 g/mol. The van der Waals surface area contributed by atoms with E-state index in [0.29, 0.717) is 5.69 Å². The van der Waals surface area contributed by atoms with Gasteiger partial charge in [-0.25, -0.2) is 0 Å². The highest BCUT2D eigenvalue weighted by Crippen LogP contribution is 2.07. The smallest absolute Gasteiger partial charge is 0.289 e. The molecule has 8 nitrogen and oxygen atoms in total. The summed E-state index contributed by atoms with van der Waals surface area (Å²) in [6.45, 7) is 1.92. The second kappa shape index (κ2) is 12.2.